The SMILES string of the molecule is C#CCOCCOCCOCCOCCP(O)(O)(CCC#N)N(C(C)C)C(C)C.CC(C)N(C(C)C)P(O)OCCC#N. The normalized spacial score (nSPS) is 13.5. The van der Waals surface area contributed by atoms with Gasteiger partial charge < -0.3 is 9.42 Å². The van der Waals surface area contributed by atoms with Crippen LogP contribution < -0.4 is 0 Å². The van der Waals surface area contributed by atoms with E-state index in [1.54, 1.807) is 4.67 Å². The van der Waals surface area contributed by atoms with Gasteiger partial charge in [0.25, 0.3) is 8.53 Å². The van der Waals surface area contributed by atoms with Crippen LogP contribution in [0.1, 0.15) is 68.2 Å². The minimum Gasteiger partial charge on any atom is -0.338 e. The molecule has 252 valence electrons. The molecule has 0 saturated carbocycles. The standard InChI is InChI=1S/C20H39N2O6P.C9H19N2O2P/c1-6-9-25-10-11-26-12-13-27-14-15-28-16-18-29(23,24,17-7-8-21)22(19(2)3)20(4)5;1-8(2)11(9(3)4)14(12)13-7-5-6-10/h1,19-20,23-24H,7,9-18H2,2-5H3;8-9,12H,5,7H2,1-4H3. The van der Waals surface area contributed by atoms with Gasteiger partial charge in [-0.1, -0.05) is 5.92 Å². The van der Waals surface area contributed by atoms with Crippen LogP contribution in [0.3, 0.4) is 0 Å². The third-order valence-corrected chi connectivity index (χ3v) is 11.9. The minimum atomic E-state index is -4.22. The summed E-state index contributed by atoms with van der Waals surface area (Å²) in [6.45, 7) is 19.1. The quantitative estimate of drug-likeness (QED) is 0.0774. The van der Waals surface area contributed by atoms with Crippen molar-refractivity contribution in [1.29, 1.82) is 10.5 Å². The second kappa shape index (κ2) is 25.2. The number of terminal acetylenes is 1. The van der Waals surface area contributed by atoms with E-state index in [2.05, 4.69) is 5.92 Å². The number of rotatable bonds is 24. The van der Waals surface area contributed by atoms with Crippen molar-refractivity contribution < 1.29 is 38.2 Å². The van der Waals surface area contributed by atoms with Gasteiger partial charge in [-0.25, -0.2) is 4.67 Å². The molecule has 0 aromatic heterocycles. The molecule has 1 unspecified atom stereocenters. The number of nitrogens with zero attached hydrogens (tertiary/aromatic N) is 4. The van der Waals surface area contributed by atoms with Crippen molar-refractivity contribution >= 4 is 15.7 Å². The van der Waals surface area contributed by atoms with Crippen molar-refractivity contribution in [2.75, 3.05) is 71.8 Å². The summed E-state index contributed by atoms with van der Waals surface area (Å²) in [5.41, 5.74) is 0. The van der Waals surface area contributed by atoms with E-state index in [4.69, 9.17) is 40.4 Å². The van der Waals surface area contributed by atoms with Crippen molar-refractivity contribution in [1.82, 2.24) is 9.34 Å². The Balaban J connectivity index is 0. The molecule has 43 heavy (non-hydrogen) atoms. The predicted octanol–water partition coefficient (Wildman–Crippen LogP) is 4.26. The van der Waals surface area contributed by atoms with Crippen LogP contribution >= 0.6 is 15.7 Å². The van der Waals surface area contributed by atoms with E-state index in [1.165, 1.54) is 0 Å². The van der Waals surface area contributed by atoms with Crippen molar-refractivity contribution in [3.8, 4) is 24.5 Å². The molecule has 0 radical (unpaired) electrons. The van der Waals surface area contributed by atoms with E-state index in [0.29, 0.717) is 52.7 Å². The Bertz CT molecular complexity index is 813. The number of ether oxygens (including phenoxy) is 4. The predicted molar refractivity (Wildman–Crippen MR) is 173 cm³/mol. The summed E-state index contributed by atoms with van der Waals surface area (Å²) in [6.07, 6.45) is 5.64. The molecule has 0 amide bonds. The zero-order valence-electron chi connectivity index (χ0n) is 27.6. The van der Waals surface area contributed by atoms with E-state index in [0.717, 1.165) is 0 Å². The van der Waals surface area contributed by atoms with Crippen molar-refractivity contribution in [3.63, 3.8) is 0 Å². The smallest absolute Gasteiger partial charge is 0.256 e. The van der Waals surface area contributed by atoms with E-state index < -0.39 is 15.7 Å². The molecule has 0 aromatic rings. The van der Waals surface area contributed by atoms with Gasteiger partial charge in [0.15, 0.2) is 0 Å². The van der Waals surface area contributed by atoms with Crippen molar-refractivity contribution in [2.45, 2.75) is 92.4 Å². The molecule has 0 aliphatic heterocycles. The Kier molecular flexibility index (Phi) is 25.9. The summed E-state index contributed by atoms with van der Waals surface area (Å²) in [7, 11) is -5.77. The first-order valence-corrected chi connectivity index (χ1v) is 18.5. The van der Waals surface area contributed by atoms with Gasteiger partial charge in [0.1, 0.15) is 6.61 Å². The molecule has 14 heteroatoms. The third kappa shape index (κ3) is 20.6. The van der Waals surface area contributed by atoms with Crippen LogP contribution in [0.5, 0.6) is 0 Å². The van der Waals surface area contributed by atoms with Gasteiger partial charge in [-0.15, -0.1) is 6.42 Å². The monoisotopic (exact) mass is 652 g/mol. The van der Waals surface area contributed by atoms with Crippen LogP contribution in [-0.4, -0.2) is 120 Å². The second-order valence-corrected chi connectivity index (χ2v) is 16.2. The van der Waals surface area contributed by atoms with Crippen molar-refractivity contribution in [3.05, 3.63) is 0 Å². The first kappa shape index (κ1) is 44.1. The Hall–Kier alpha value is -1.00. The molecular weight excluding hydrogens is 594 g/mol. The fourth-order valence-corrected chi connectivity index (χ4v) is 9.62. The molecule has 0 aliphatic rings. The van der Waals surface area contributed by atoms with E-state index in [-0.39, 0.29) is 56.1 Å². The Morgan fingerprint density at radius 3 is 1.51 bits per heavy atom. The summed E-state index contributed by atoms with van der Waals surface area (Å²) < 4.78 is 30.2. The summed E-state index contributed by atoms with van der Waals surface area (Å²) in [6, 6.07) is 4.38. The zero-order valence-corrected chi connectivity index (χ0v) is 29.4. The van der Waals surface area contributed by atoms with E-state index in [1.807, 2.05) is 72.2 Å². The average molecular weight is 653 g/mol. The molecule has 0 rings (SSSR count). The summed E-state index contributed by atoms with van der Waals surface area (Å²) in [5.74, 6) is 2.38. The molecule has 0 heterocycles. The molecule has 0 spiro atoms. The molecule has 12 nitrogen and oxygen atoms in total. The van der Waals surface area contributed by atoms with Gasteiger partial charge >= 0.3 is 157 Å². The molecule has 0 bridgehead atoms. The van der Waals surface area contributed by atoms with Gasteiger partial charge in [-0.05, 0) is 27.7 Å². The van der Waals surface area contributed by atoms with Crippen molar-refractivity contribution in [2.24, 2.45) is 0 Å². The Labute approximate surface area is 262 Å². The molecular formula is C29H58N4O8P2. The van der Waals surface area contributed by atoms with Crippen LogP contribution in [-0.2, 0) is 23.5 Å². The largest absolute Gasteiger partial charge is 0.338 e. The van der Waals surface area contributed by atoms with E-state index >= 15 is 0 Å². The Morgan fingerprint density at radius 2 is 1.12 bits per heavy atom. The van der Waals surface area contributed by atoms with Crippen LogP contribution in [0.15, 0.2) is 0 Å². The van der Waals surface area contributed by atoms with Gasteiger partial charge in [0.2, 0.25) is 0 Å². The molecule has 0 aromatic carbocycles. The topological polar surface area (TPSA) is 161 Å². The number of nitriles is 2. The zero-order chi connectivity index (χ0) is 33.3. The average Bonchev–Trinajstić information content (AvgIpc) is 2.90. The maximum Gasteiger partial charge on any atom is 0.256 e. The summed E-state index contributed by atoms with van der Waals surface area (Å²) in [4.78, 5) is 32.3. The maximum absolute atomic E-state index is 11.3. The molecule has 3 N–H and O–H groups in total. The van der Waals surface area contributed by atoms with E-state index in [9.17, 15) is 14.7 Å². The van der Waals surface area contributed by atoms with Crippen LogP contribution in [0.4, 0.5) is 0 Å². The van der Waals surface area contributed by atoms with Gasteiger partial charge in [-0.2, -0.15) is 5.26 Å². The third-order valence-electron chi connectivity index (χ3n) is 5.94. The van der Waals surface area contributed by atoms with Crippen LogP contribution in [0.2, 0.25) is 0 Å². The van der Waals surface area contributed by atoms with Crippen LogP contribution in [0, 0.1) is 35.0 Å². The molecule has 0 saturated heterocycles. The molecule has 0 aliphatic carbocycles. The first-order valence-electron chi connectivity index (χ1n) is 14.9. The fourth-order valence-electron chi connectivity index (χ4n) is 4.56. The maximum atomic E-state index is 11.3. The Morgan fingerprint density at radius 1 is 0.674 bits per heavy atom. The summed E-state index contributed by atoms with van der Waals surface area (Å²) >= 11 is 0. The van der Waals surface area contributed by atoms with Gasteiger partial charge in [0.05, 0.1) is 19.1 Å². The first-order chi connectivity index (χ1) is 20.2. The summed E-state index contributed by atoms with van der Waals surface area (Å²) in [5, 5.41) is 17.3. The fraction of sp³-hybridized carbons (Fsp3) is 0.862. The molecule has 0 fully saturated rings. The second-order valence-electron chi connectivity index (χ2n) is 10.9. The minimum absolute atomic E-state index is 0.0540. The molecule has 1 atom stereocenters. The van der Waals surface area contributed by atoms with Gasteiger partial charge in [-0.3, -0.25) is 0 Å². The van der Waals surface area contributed by atoms with Gasteiger partial charge in [0, 0.05) is 12.1 Å². The number of hydrogen-bond acceptors (Lipinski definition) is 12. The number of hydrogen-bond donors (Lipinski definition) is 3. The van der Waals surface area contributed by atoms with Crippen LogP contribution in [0.25, 0.3) is 0 Å².